The van der Waals surface area contributed by atoms with Crippen molar-refractivity contribution in [3.05, 3.63) is 11.8 Å². The standard InChI is InChI=1S/C8H19NSi/c1-8(2)10(5,6)7-9(3)4/h1,7H2,2-6H3. The van der Waals surface area contributed by atoms with E-state index in [9.17, 15) is 0 Å². The van der Waals surface area contributed by atoms with Crippen LogP contribution >= 0.6 is 0 Å². The van der Waals surface area contributed by atoms with E-state index in [0.717, 1.165) is 0 Å². The molecule has 0 amide bonds. The second-order valence-electron chi connectivity index (χ2n) is 3.90. The fraction of sp³-hybridized carbons (Fsp3) is 0.750. The normalized spacial score (nSPS) is 12.2. The van der Waals surface area contributed by atoms with Crippen LogP contribution in [-0.2, 0) is 0 Å². The van der Waals surface area contributed by atoms with Crippen molar-refractivity contribution in [2.45, 2.75) is 20.0 Å². The topological polar surface area (TPSA) is 3.24 Å². The highest BCUT2D eigenvalue weighted by Gasteiger charge is 2.21. The van der Waals surface area contributed by atoms with E-state index in [1.165, 1.54) is 11.4 Å². The van der Waals surface area contributed by atoms with Gasteiger partial charge in [0.05, 0.1) is 8.07 Å². The average Bonchev–Trinajstić information content (AvgIpc) is 1.60. The molecule has 1 nitrogen and oxygen atoms in total. The number of allylic oxidation sites excluding steroid dienone is 1. The number of nitrogens with zero attached hydrogens (tertiary/aromatic N) is 1. The summed E-state index contributed by atoms with van der Waals surface area (Å²) in [4.78, 5) is 2.25. The lowest BCUT2D eigenvalue weighted by molar-refractivity contribution is 0.471. The molecule has 2 heteroatoms. The minimum atomic E-state index is -1.11. The average molecular weight is 157 g/mol. The Morgan fingerprint density at radius 2 is 1.80 bits per heavy atom. The molecule has 0 aromatic carbocycles. The first-order valence-electron chi connectivity index (χ1n) is 3.67. The van der Waals surface area contributed by atoms with Crippen molar-refractivity contribution in [2.75, 3.05) is 20.3 Å². The summed E-state index contributed by atoms with van der Waals surface area (Å²) in [5.74, 6) is 0. The van der Waals surface area contributed by atoms with Gasteiger partial charge in [0.1, 0.15) is 0 Å². The predicted octanol–water partition coefficient (Wildman–Crippen LogP) is 1.91. The van der Waals surface area contributed by atoms with Crippen LogP contribution in [0, 0.1) is 0 Å². The quantitative estimate of drug-likeness (QED) is 0.566. The molecule has 0 saturated carbocycles. The predicted molar refractivity (Wildman–Crippen MR) is 50.9 cm³/mol. The first kappa shape index (κ1) is 9.92. The molecular weight excluding hydrogens is 138 g/mol. The zero-order chi connectivity index (χ0) is 8.36. The van der Waals surface area contributed by atoms with Gasteiger partial charge in [0.2, 0.25) is 0 Å². The lowest BCUT2D eigenvalue weighted by atomic mass is 10.8. The fourth-order valence-electron chi connectivity index (χ4n) is 0.926. The maximum atomic E-state index is 4.01. The third-order valence-electron chi connectivity index (χ3n) is 1.87. The summed E-state index contributed by atoms with van der Waals surface area (Å²) < 4.78 is 0. The largest absolute Gasteiger partial charge is 0.312 e. The second kappa shape index (κ2) is 3.35. The smallest absolute Gasteiger partial charge is 0.0886 e. The van der Waals surface area contributed by atoms with Gasteiger partial charge in [-0.15, -0.1) is 6.58 Å². The maximum Gasteiger partial charge on any atom is 0.0886 e. The van der Waals surface area contributed by atoms with Crippen molar-refractivity contribution in [3.8, 4) is 0 Å². The van der Waals surface area contributed by atoms with E-state index in [-0.39, 0.29) is 0 Å². The molecule has 0 aromatic heterocycles. The lowest BCUT2D eigenvalue weighted by Crippen LogP contribution is -2.40. The third kappa shape index (κ3) is 3.18. The Morgan fingerprint density at radius 3 is 1.90 bits per heavy atom. The molecule has 0 heterocycles. The van der Waals surface area contributed by atoms with Crippen LogP contribution in [0.4, 0.5) is 0 Å². The van der Waals surface area contributed by atoms with Crippen molar-refractivity contribution in [3.63, 3.8) is 0 Å². The van der Waals surface area contributed by atoms with Gasteiger partial charge in [0, 0.05) is 0 Å². The summed E-state index contributed by atoms with van der Waals surface area (Å²) in [5, 5.41) is 1.39. The Balaban J connectivity index is 4.00. The summed E-state index contributed by atoms with van der Waals surface area (Å²) in [6.45, 7) is 10.9. The minimum Gasteiger partial charge on any atom is -0.312 e. The number of hydrogen-bond donors (Lipinski definition) is 0. The molecule has 0 saturated heterocycles. The molecule has 0 bridgehead atoms. The Labute approximate surface area is 65.7 Å². The zero-order valence-electron chi connectivity index (χ0n) is 7.86. The highest BCUT2D eigenvalue weighted by molar-refractivity contribution is 6.84. The molecule has 0 atom stereocenters. The van der Waals surface area contributed by atoms with Gasteiger partial charge in [0.25, 0.3) is 0 Å². The van der Waals surface area contributed by atoms with E-state index in [1.807, 2.05) is 0 Å². The van der Waals surface area contributed by atoms with E-state index in [1.54, 1.807) is 0 Å². The van der Waals surface area contributed by atoms with Crippen LogP contribution in [0.25, 0.3) is 0 Å². The van der Waals surface area contributed by atoms with E-state index < -0.39 is 8.07 Å². The van der Waals surface area contributed by atoms with Crippen LogP contribution in [0.1, 0.15) is 6.92 Å². The molecule has 10 heavy (non-hydrogen) atoms. The fourth-order valence-corrected chi connectivity index (χ4v) is 2.78. The van der Waals surface area contributed by atoms with Gasteiger partial charge >= 0.3 is 0 Å². The molecule has 0 aliphatic carbocycles. The van der Waals surface area contributed by atoms with Gasteiger partial charge in [-0.25, -0.2) is 0 Å². The summed E-state index contributed by atoms with van der Waals surface area (Å²) in [6.07, 6.45) is 1.21. The third-order valence-corrected chi connectivity index (χ3v) is 5.60. The molecule has 0 fully saturated rings. The highest BCUT2D eigenvalue weighted by atomic mass is 28.3. The first-order chi connectivity index (χ1) is 4.36. The van der Waals surface area contributed by atoms with E-state index in [4.69, 9.17) is 0 Å². The van der Waals surface area contributed by atoms with Crippen LogP contribution in [0.2, 0.25) is 13.1 Å². The summed E-state index contributed by atoms with van der Waals surface area (Å²) in [6, 6.07) is 0. The van der Waals surface area contributed by atoms with Gasteiger partial charge in [-0.05, 0) is 27.2 Å². The number of hydrogen-bond acceptors (Lipinski definition) is 1. The molecule has 0 radical (unpaired) electrons. The lowest BCUT2D eigenvalue weighted by Gasteiger charge is -2.26. The van der Waals surface area contributed by atoms with E-state index >= 15 is 0 Å². The van der Waals surface area contributed by atoms with Crippen LogP contribution < -0.4 is 0 Å². The Morgan fingerprint density at radius 1 is 1.40 bits per heavy atom. The molecule has 0 rings (SSSR count). The van der Waals surface area contributed by atoms with Crippen LogP contribution in [0.5, 0.6) is 0 Å². The van der Waals surface area contributed by atoms with Crippen molar-refractivity contribution in [1.82, 2.24) is 4.90 Å². The van der Waals surface area contributed by atoms with Crippen molar-refractivity contribution in [2.24, 2.45) is 0 Å². The summed E-state index contributed by atoms with van der Waals surface area (Å²) >= 11 is 0. The molecule has 0 aliphatic rings. The van der Waals surface area contributed by atoms with Gasteiger partial charge in [-0.1, -0.05) is 18.3 Å². The van der Waals surface area contributed by atoms with Crippen molar-refractivity contribution in [1.29, 1.82) is 0 Å². The second-order valence-corrected chi connectivity index (χ2v) is 8.84. The Kier molecular flexibility index (Phi) is 3.32. The molecule has 0 unspecified atom stereocenters. The van der Waals surface area contributed by atoms with Gasteiger partial charge in [0.15, 0.2) is 0 Å². The Bertz CT molecular complexity index is 127. The minimum absolute atomic E-state index is 1.11. The Hall–Kier alpha value is -0.0831. The van der Waals surface area contributed by atoms with Crippen LogP contribution in [0.3, 0.4) is 0 Å². The van der Waals surface area contributed by atoms with Crippen LogP contribution in [0.15, 0.2) is 11.8 Å². The molecule has 60 valence electrons. The molecular formula is C8H19NSi. The van der Waals surface area contributed by atoms with Gasteiger partial charge in [-0.3, -0.25) is 0 Å². The highest BCUT2D eigenvalue weighted by Crippen LogP contribution is 2.12. The monoisotopic (exact) mass is 157 g/mol. The van der Waals surface area contributed by atoms with E-state index in [0.29, 0.717) is 0 Å². The van der Waals surface area contributed by atoms with Crippen molar-refractivity contribution >= 4 is 8.07 Å². The van der Waals surface area contributed by atoms with Crippen molar-refractivity contribution < 1.29 is 0 Å². The van der Waals surface area contributed by atoms with Gasteiger partial charge < -0.3 is 4.90 Å². The van der Waals surface area contributed by atoms with E-state index in [2.05, 4.69) is 45.6 Å². The van der Waals surface area contributed by atoms with Crippen LogP contribution in [-0.4, -0.2) is 33.2 Å². The molecule has 0 N–H and O–H groups in total. The SMILES string of the molecule is C=C(C)[Si](C)(C)CN(C)C. The molecule has 0 aromatic rings. The first-order valence-corrected chi connectivity index (χ1v) is 6.87. The summed E-state index contributed by atoms with van der Waals surface area (Å²) in [5.41, 5.74) is 0. The molecule has 0 aliphatic heterocycles. The molecule has 0 spiro atoms. The maximum absolute atomic E-state index is 4.01. The summed E-state index contributed by atoms with van der Waals surface area (Å²) in [7, 11) is 3.13. The number of rotatable bonds is 3. The zero-order valence-corrected chi connectivity index (χ0v) is 8.86. The van der Waals surface area contributed by atoms with Gasteiger partial charge in [-0.2, -0.15) is 0 Å².